The Hall–Kier alpha value is -20.2. The monoisotopic (exact) mass is 1920 g/mol. The highest BCUT2D eigenvalue weighted by molar-refractivity contribution is 6.17. The third-order valence-electron chi connectivity index (χ3n) is 29.0. The zero-order valence-corrected chi connectivity index (χ0v) is 81.1. The first-order chi connectivity index (χ1) is 73.0. The molecule has 0 radical (unpaired) electrons. The molecule has 0 aliphatic heterocycles. The molecule has 710 valence electrons. The molecule has 0 amide bonds. The molecule has 28 aromatic rings. The number of hydrogen-bond acceptors (Lipinski definition) is 7. The van der Waals surface area contributed by atoms with Gasteiger partial charge in [0.2, 0.25) is 0 Å². The second-order valence-corrected chi connectivity index (χ2v) is 37.8. The first-order valence-corrected chi connectivity index (χ1v) is 49.5. The van der Waals surface area contributed by atoms with Crippen LogP contribution in [0.3, 0.4) is 0 Å². The van der Waals surface area contributed by atoms with E-state index in [4.69, 9.17) is 31.5 Å². The van der Waals surface area contributed by atoms with Crippen LogP contribution in [0.15, 0.2) is 462 Å². The average molecular weight is 1930 g/mol. The minimum absolute atomic E-state index is 0. The molecule has 11 heterocycles. The number of rotatable bonds is 13. The molecule has 0 aliphatic rings. The lowest BCUT2D eigenvalue weighted by Gasteiger charge is -2.19. The summed E-state index contributed by atoms with van der Waals surface area (Å²) in [5.74, 6) is 1.63. The van der Waals surface area contributed by atoms with Crippen LogP contribution in [0.2, 0.25) is 0 Å². The van der Waals surface area contributed by atoms with E-state index in [2.05, 4.69) is 412 Å². The highest BCUT2D eigenvalue weighted by atomic mass is 15.1. The van der Waals surface area contributed by atoms with Crippen LogP contribution in [0, 0.1) is 56.9 Å². The highest BCUT2D eigenvalue weighted by Gasteiger charge is 2.29. The molecule has 150 heavy (non-hydrogen) atoms. The fourth-order valence-corrected chi connectivity index (χ4v) is 22.4. The molecule has 0 bridgehead atoms. The van der Waals surface area contributed by atoms with E-state index in [0.29, 0.717) is 16.8 Å². The maximum absolute atomic E-state index is 10.2. The Morgan fingerprint density at radius 3 is 1.01 bits per heavy atom. The van der Waals surface area contributed by atoms with Crippen molar-refractivity contribution in [2.24, 2.45) is 0 Å². The van der Waals surface area contributed by atoms with E-state index in [-0.39, 0.29) is 14.9 Å². The Bertz CT molecular complexity index is 10200. The average Bonchev–Trinajstić information content (AvgIpc) is 1.56. The van der Waals surface area contributed by atoms with E-state index in [1.807, 2.05) is 122 Å². The zero-order chi connectivity index (χ0) is 99.3. The van der Waals surface area contributed by atoms with Crippen LogP contribution < -0.4 is 0 Å². The van der Waals surface area contributed by atoms with Crippen LogP contribution in [0.1, 0.15) is 48.2 Å². The van der Waals surface area contributed by atoms with Crippen LogP contribution in [-0.4, -0.2) is 52.3 Å². The second-order valence-electron chi connectivity index (χ2n) is 37.8. The fourth-order valence-electron chi connectivity index (χ4n) is 22.4. The molecule has 14 nitrogen and oxygen atoms in total. The van der Waals surface area contributed by atoms with Crippen LogP contribution in [0.5, 0.6) is 0 Å². The van der Waals surface area contributed by atoms with Crippen molar-refractivity contribution in [3.05, 3.63) is 507 Å². The number of benzene rings is 17. The van der Waals surface area contributed by atoms with Gasteiger partial charge in [-0.05, 0) is 201 Å². The van der Waals surface area contributed by atoms with Crippen molar-refractivity contribution in [3.63, 3.8) is 0 Å². The molecule has 28 rings (SSSR count). The van der Waals surface area contributed by atoms with Gasteiger partial charge in [-0.2, -0.15) is 10.5 Å². The number of pyridine rings is 5. The lowest BCUT2D eigenvalue weighted by atomic mass is 9.98. The number of fused-ring (bicyclic) bond motifs is 18. The summed E-state index contributed by atoms with van der Waals surface area (Å²) in [5, 5.41) is 34.1. The Morgan fingerprint density at radius 1 is 0.233 bits per heavy atom. The van der Waals surface area contributed by atoms with Crippen LogP contribution in [0.4, 0.5) is 5.69 Å². The largest absolute Gasteiger partial charge is 0.307 e. The van der Waals surface area contributed by atoms with E-state index in [1.165, 1.54) is 65.3 Å². The van der Waals surface area contributed by atoms with E-state index >= 15 is 0 Å². The van der Waals surface area contributed by atoms with Gasteiger partial charge in [-0.1, -0.05) is 311 Å². The lowest BCUT2D eigenvalue weighted by molar-refractivity contribution is 1.05. The Kier molecular flexibility index (Phi) is 23.4. The first-order valence-electron chi connectivity index (χ1n) is 49.5. The Morgan fingerprint density at radius 2 is 0.560 bits per heavy atom. The maximum Gasteiger partial charge on any atom is 0.194 e. The first kappa shape index (κ1) is 92.2. The molecule has 14 heteroatoms. The van der Waals surface area contributed by atoms with Gasteiger partial charge < -0.3 is 18.3 Å². The molecular formula is C136H96N14. The van der Waals surface area contributed by atoms with Gasteiger partial charge in [-0.25, -0.2) is 14.8 Å². The third-order valence-corrected chi connectivity index (χ3v) is 29.0. The van der Waals surface area contributed by atoms with Gasteiger partial charge in [0, 0.05) is 122 Å². The summed E-state index contributed by atoms with van der Waals surface area (Å²) >= 11 is 0. The van der Waals surface area contributed by atoms with Crippen molar-refractivity contribution in [2.75, 3.05) is 0 Å². The second kappa shape index (κ2) is 38.1. The van der Waals surface area contributed by atoms with Crippen molar-refractivity contribution in [1.29, 1.82) is 10.5 Å². The number of aryl methyl sites for hydroxylation is 4. The van der Waals surface area contributed by atoms with Gasteiger partial charge >= 0.3 is 0 Å². The predicted molar refractivity (Wildman–Crippen MR) is 620 cm³/mol. The minimum Gasteiger partial charge on any atom is -0.307 e. The molecule has 0 atom stereocenters. The van der Waals surface area contributed by atoms with Crippen molar-refractivity contribution < 1.29 is 0 Å². The van der Waals surface area contributed by atoms with Crippen LogP contribution >= 0.6 is 0 Å². The highest BCUT2D eigenvalue weighted by Crippen LogP contribution is 2.49. The predicted octanol–water partition coefficient (Wildman–Crippen LogP) is 35.1. The summed E-state index contributed by atoms with van der Waals surface area (Å²) < 4.78 is 13.8. The number of nitriles is 2. The zero-order valence-electron chi connectivity index (χ0n) is 81.1. The van der Waals surface area contributed by atoms with Crippen molar-refractivity contribution >= 4 is 137 Å². The van der Waals surface area contributed by atoms with Gasteiger partial charge in [0.15, 0.2) is 5.69 Å². The standard InChI is InChI=1S/C58H36N6.2C38H26N4.2CH4/c59-35-38-23-25-39(26-24-38)56-54(63-50-21-9-7-17-46(50)48-33-42(27-29-52(48)63)44-19-11-31-61-57(44)40-13-3-1-4-14-40)36-60-37-55(56)64-51-22-10-8-18-47(51)49-34-43(28-30-53(49)64)45-20-12-32-62-58(45)41-15-5-2-6-16-41;1-24-16-18-29-27-11-5-8-14-33(27)41(35(29)20-24)37-23-40-38(22-31(37)26-10-4-7-13-32(26)39-3)42-34-15-9-6-12-28(34)30-19-17-25(2)21-36(30)42;1-24-15-17-35-30(19-24)28-11-5-7-13-33(28)41(35)37-23-40-38(21-32(37)27-10-4-3-9-26(27)22-39)42-34-14-8-6-12-29(34)31-20-25(2)16-18-36(31)42;;/h1-34,36-37H;4-23H,1-2H3;3-21,23H,1-2H3;2*1H4. The molecule has 0 fully saturated rings. The molecule has 0 saturated carbocycles. The number of hydrogen-bond donors (Lipinski definition) is 0. The van der Waals surface area contributed by atoms with E-state index in [0.717, 1.165) is 200 Å². The Labute approximate surface area is 867 Å². The SMILES string of the molecule is C.C.Cc1ccc2c(c1)c1ccccc1n2-c1cc(-c2ccccc2C#N)c(-n2c3ccccc3c3cc(C)ccc32)cn1.N#Cc1ccc(-c2c(-n3c4ccccc4c4cc(-c5cccnc5-c5ccccc5)ccc43)cncc2-n2c3ccccc3c3cc(-c4cccnc4-c4ccccc4)ccc32)cc1.[C-]#[N+]c1ccccc1-c1cc(-n2c3ccccc3c3ccc(C)cc32)ncc1-n1c2ccccc2c2ccc(C)cc21. The number of para-hydroxylation sites is 7. The van der Waals surface area contributed by atoms with Gasteiger partial charge in [-0.3, -0.25) is 24.1 Å². The summed E-state index contributed by atoms with van der Waals surface area (Å²) in [6.45, 7) is 16.5. The summed E-state index contributed by atoms with van der Waals surface area (Å²) in [6.07, 6.45) is 11.6. The summed E-state index contributed by atoms with van der Waals surface area (Å²) in [5.41, 5.74) is 37.6. The van der Waals surface area contributed by atoms with Gasteiger partial charge in [0.1, 0.15) is 11.6 Å². The third kappa shape index (κ3) is 15.5. The van der Waals surface area contributed by atoms with Crippen molar-refractivity contribution in [2.45, 2.75) is 42.5 Å². The van der Waals surface area contributed by atoms with Gasteiger partial charge in [0.25, 0.3) is 0 Å². The minimum atomic E-state index is 0. The molecule has 17 aromatic carbocycles. The summed E-state index contributed by atoms with van der Waals surface area (Å²) in [7, 11) is 0. The molecular weight excluding hydrogens is 1830 g/mol. The van der Waals surface area contributed by atoms with Gasteiger partial charge in [0.05, 0.1) is 155 Å². The maximum atomic E-state index is 10.2. The Balaban J connectivity index is 0.000000123. The van der Waals surface area contributed by atoms with Crippen molar-refractivity contribution in [1.82, 2.24) is 52.3 Å². The normalized spacial score (nSPS) is 11.3. The number of nitrogens with zero attached hydrogens (tertiary/aromatic N) is 14. The molecule has 0 saturated heterocycles. The van der Waals surface area contributed by atoms with Crippen LogP contribution in [0.25, 0.3) is 248 Å². The van der Waals surface area contributed by atoms with Crippen LogP contribution in [-0.2, 0) is 0 Å². The fraction of sp³-hybridized carbons (Fsp3) is 0.0441. The van der Waals surface area contributed by atoms with E-state index < -0.39 is 0 Å². The molecule has 11 aromatic heterocycles. The summed E-state index contributed by atoms with van der Waals surface area (Å²) in [4.78, 5) is 29.0. The quantitative estimate of drug-likeness (QED) is 0.104. The molecule has 0 unspecified atom stereocenters. The lowest BCUT2D eigenvalue weighted by Crippen LogP contribution is -2.05. The molecule has 0 N–H and O–H groups in total. The molecule has 0 spiro atoms. The van der Waals surface area contributed by atoms with Gasteiger partial charge in [-0.15, -0.1) is 0 Å². The topological polar surface area (TPSA) is 146 Å². The van der Waals surface area contributed by atoms with E-state index in [9.17, 15) is 10.5 Å². The molecule has 0 aliphatic carbocycles. The van der Waals surface area contributed by atoms with E-state index in [1.54, 1.807) is 0 Å². The summed E-state index contributed by atoms with van der Waals surface area (Å²) in [6, 6.07) is 153. The smallest absolute Gasteiger partial charge is 0.194 e. The number of aromatic nitrogens is 11. The van der Waals surface area contributed by atoms with Crippen molar-refractivity contribution in [3.8, 4) is 125 Å².